The molecule has 4 fully saturated rings. The molecule has 0 saturated carbocycles. The third kappa shape index (κ3) is 17.4. The van der Waals surface area contributed by atoms with Gasteiger partial charge in [-0.05, 0) is 133 Å². The van der Waals surface area contributed by atoms with E-state index in [0.29, 0.717) is 151 Å². The predicted molar refractivity (Wildman–Crippen MR) is 576 cm³/mol. The number of para-hydroxylation sites is 4. The fourth-order valence-electron chi connectivity index (χ4n) is 20.2. The van der Waals surface area contributed by atoms with E-state index in [-0.39, 0.29) is 6.01 Å². The Bertz CT molecular complexity index is 9250. The molecule has 0 bridgehead atoms. The highest BCUT2D eigenvalue weighted by Crippen LogP contribution is 2.42. The van der Waals surface area contributed by atoms with Crippen molar-refractivity contribution < 1.29 is 18.6 Å². The molecule has 24 aromatic rings. The van der Waals surface area contributed by atoms with E-state index in [4.69, 9.17) is 99.1 Å². The summed E-state index contributed by atoms with van der Waals surface area (Å²) in [5.41, 5.74) is 64.3. The van der Waals surface area contributed by atoms with Crippen molar-refractivity contribution in [3.8, 4) is 45.0 Å². The number of pyridine rings is 5. The highest BCUT2D eigenvalue weighted by atomic mass is 16.5. The van der Waals surface area contributed by atoms with Gasteiger partial charge in [0.1, 0.15) is 118 Å². The van der Waals surface area contributed by atoms with Crippen LogP contribution in [0.4, 0.5) is 64.2 Å². The quantitative estimate of drug-likeness (QED) is 0.0445. The molecule has 28 rings (SSSR count). The topological polar surface area (TPSA) is 529 Å². The van der Waals surface area contributed by atoms with Crippen molar-refractivity contribution in [2.75, 3.05) is 152 Å². The lowest BCUT2D eigenvalue weighted by molar-refractivity contribution is 0.122. The molecule has 148 heavy (non-hydrogen) atoms. The second kappa shape index (κ2) is 38.4. The molecule has 4 saturated heterocycles. The van der Waals surface area contributed by atoms with E-state index >= 15 is 0 Å². The van der Waals surface area contributed by atoms with Gasteiger partial charge in [0.25, 0.3) is 6.01 Å². The van der Waals surface area contributed by atoms with Crippen LogP contribution in [0.5, 0.6) is 0 Å². The van der Waals surface area contributed by atoms with Crippen LogP contribution in [0.25, 0.3) is 177 Å². The monoisotopic (exact) mass is 1960 g/mol. The van der Waals surface area contributed by atoms with Crippen molar-refractivity contribution in [1.82, 2.24) is 124 Å². The van der Waals surface area contributed by atoms with E-state index in [9.17, 15) is 0 Å². The van der Waals surface area contributed by atoms with E-state index in [1.807, 2.05) is 146 Å². The van der Waals surface area contributed by atoms with Gasteiger partial charge in [0.2, 0.25) is 0 Å². The molecule has 40 nitrogen and oxygen atoms in total. The molecule has 20 heterocycles. The maximum Gasteiger partial charge on any atom is 0.292 e. The smallest absolute Gasteiger partial charge is 0.292 e. The number of hydrogen-bond donors (Lipinski definition) is 8. The number of nitrogens with two attached hydrogens (primary N) is 7. The summed E-state index contributed by atoms with van der Waals surface area (Å²) in [4.78, 5) is 85.2. The van der Waals surface area contributed by atoms with Crippen LogP contribution in [-0.4, -0.2) is 216 Å². The summed E-state index contributed by atoms with van der Waals surface area (Å²) in [6, 6.07) is 71.0. The number of H-pyrrole nitrogens is 1. The number of rotatable bonds is 16. The lowest BCUT2D eigenvalue weighted by Crippen LogP contribution is -2.37. The number of nitrogens with zero attached hydrogens (tertiary/aromatic N) is 28. The van der Waals surface area contributed by atoms with Crippen molar-refractivity contribution >= 4 is 196 Å². The minimum atomic E-state index is 0.116. The Balaban J connectivity index is 0.000000103. The minimum Gasteiger partial charge on any atom is -0.424 e. The Kier molecular flexibility index (Phi) is 23.4. The van der Waals surface area contributed by atoms with Gasteiger partial charge in [0.15, 0.2) is 28.2 Å². The Hall–Kier alpha value is -19.0. The van der Waals surface area contributed by atoms with E-state index in [1.54, 1.807) is 6.07 Å². The summed E-state index contributed by atoms with van der Waals surface area (Å²) in [6.45, 7) is 12.7. The molecule has 0 atom stereocenters. The van der Waals surface area contributed by atoms with Crippen molar-refractivity contribution in [3.05, 3.63) is 272 Å². The summed E-state index contributed by atoms with van der Waals surface area (Å²) in [5, 5.41) is 30.1. The number of nitrogens with one attached hydrogen (secondary N) is 1. The Labute approximate surface area is 841 Å². The maximum atomic E-state index is 6.39. The number of benzene rings is 8. The molecule has 0 aliphatic carbocycles. The largest absolute Gasteiger partial charge is 0.424 e. The molecule has 732 valence electrons. The number of aromatic amines is 1. The van der Waals surface area contributed by atoms with Gasteiger partial charge in [-0.15, -0.1) is 0 Å². The number of hydrogen-bond acceptors (Lipinski definition) is 35. The lowest BCUT2D eigenvalue weighted by Gasteiger charge is -2.29. The van der Waals surface area contributed by atoms with E-state index in [2.05, 4.69) is 169 Å². The first kappa shape index (κ1) is 90.3. The SMILES string of the molecule is Nc1ccc2cc(-c3nn(Cc4cc5ccccc5nc4N4CCOCC4)c4ncnc(N)c34)ccc2n1.Nc1nc2cc(-c3nn(Cc4cc5ccccc5nc4N4CCOCC4)c4ncnc(N)c34)ccc2o1.Nc1ncnc2c1c(-c1ccc3cc[nH]c3c1)nn2Cc1cc2ccccc2nc1N1CCCC1.Nc1ncnc2ccc(-c3nn(Cc4cc5ccccc5nc4N4CCOCC4)c4ncnc(N)c34)cc12. The molecule has 0 radical (unpaired) electrons. The van der Waals surface area contributed by atoms with Gasteiger partial charge in [0.05, 0.1) is 120 Å². The average Bonchev–Trinajstić information content (AvgIpc) is 1.61. The van der Waals surface area contributed by atoms with Gasteiger partial charge in [-0.25, -0.2) is 93.5 Å². The van der Waals surface area contributed by atoms with E-state index in [0.717, 1.165) is 224 Å². The second-order valence-electron chi connectivity index (χ2n) is 36.7. The number of anilines is 11. The summed E-state index contributed by atoms with van der Waals surface area (Å²) in [5.74, 6) is 6.24. The van der Waals surface area contributed by atoms with Crippen molar-refractivity contribution in [3.63, 3.8) is 0 Å². The molecule has 0 spiro atoms. The van der Waals surface area contributed by atoms with Crippen LogP contribution in [0.1, 0.15) is 35.1 Å². The number of morpholine rings is 3. The van der Waals surface area contributed by atoms with E-state index < -0.39 is 0 Å². The number of nitrogen functional groups attached to an aromatic ring is 7. The normalized spacial score (nSPS) is 14.1. The van der Waals surface area contributed by atoms with Gasteiger partial charge in [-0.2, -0.15) is 25.4 Å². The summed E-state index contributed by atoms with van der Waals surface area (Å²) in [7, 11) is 0. The first-order valence-electron chi connectivity index (χ1n) is 48.7. The van der Waals surface area contributed by atoms with Gasteiger partial charge in [-0.3, -0.25) is 0 Å². The second-order valence-corrected chi connectivity index (χ2v) is 36.7. The third-order valence-corrected chi connectivity index (χ3v) is 27.4. The fourth-order valence-corrected chi connectivity index (χ4v) is 20.2. The number of fused-ring (bicyclic) bond motifs is 12. The molecule has 0 unspecified atom stereocenters. The van der Waals surface area contributed by atoms with Crippen molar-refractivity contribution in [1.29, 1.82) is 0 Å². The van der Waals surface area contributed by atoms with Crippen LogP contribution in [0.2, 0.25) is 0 Å². The Morgan fingerprint density at radius 1 is 0.277 bits per heavy atom. The highest BCUT2D eigenvalue weighted by Gasteiger charge is 2.30. The molecule has 16 aromatic heterocycles. The first-order valence-corrected chi connectivity index (χ1v) is 48.7. The molecule has 40 heteroatoms. The molecule has 4 aliphatic heterocycles. The van der Waals surface area contributed by atoms with Gasteiger partial charge < -0.3 is 83.3 Å². The number of aromatic nitrogens is 25. The van der Waals surface area contributed by atoms with Crippen LogP contribution in [0, 0.1) is 0 Å². The summed E-state index contributed by atoms with van der Waals surface area (Å²) in [6.07, 6.45) is 11.7. The van der Waals surface area contributed by atoms with E-state index in [1.165, 1.54) is 44.5 Å². The zero-order valence-electron chi connectivity index (χ0n) is 80.0. The summed E-state index contributed by atoms with van der Waals surface area (Å²) < 4.78 is 29.8. The highest BCUT2D eigenvalue weighted by molar-refractivity contribution is 6.05. The van der Waals surface area contributed by atoms with Crippen LogP contribution in [-0.2, 0) is 40.4 Å². The first-order chi connectivity index (χ1) is 72.7. The number of ether oxygens (including phenoxy) is 3. The predicted octanol–water partition coefficient (Wildman–Crippen LogP) is 14.7. The Morgan fingerprint density at radius 2 is 0.622 bits per heavy atom. The molecule has 0 amide bonds. The molecule has 4 aliphatic rings. The van der Waals surface area contributed by atoms with Crippen molar-refractivity contribution in [2.45, 2.75) is 39.0 Å². The van der Waals surface area contributed by atoms with Crippen LogP contribution < -0.4 is 59.7 Å². The molecule has 15 N–H and O–H groups in total. The van der Waals surface area contributed by atoms with Gasteiger partial charge in [-0.1, -0.05) is 97.1 Å². The van der Waals surface area contributed by atoms with Crippen LogP contribution in [0.3, 0.4) is 0 Å². The Morgan fingerprint density at radius 3 is 1.05 bits per heavy atom. The van der Waals surface area contributed by atoms with Crippen molar-refractivity contribution in [2.24, 2.45) is 0 Å². The standard InChI is InChI=1S/C28H25N9O.C27H24N10O.C27H24N8.C26H23N9O2/c29-23-8-6-18-13-19(5-7-22(18)33-23)25-24-26(30)31-16-32-28(24)37(35-25)15-20-14-17-3-1-2-4-21(17)34-27(20)36-9-11-38-12-10-36;28-24-19-12-17(5-6-21(19)30-14-31-24)23-22-25(29)32-15-33-27(22)37(35-23)13-18-11-16-3-1-2-4-20(16)34-26(18)36-7-9-38-10-8-36;28-25-23-24(19-8-7-17-9-10-29-22(17)14-19)33-35(27(23)31-16-30-25)15-20-13-18-5-1-2-6-21(18)32-26(20)34-11-3-4-12-34;27-23-21-22(16-5-6-20-19(12-16)32-26(28)37-20)33-35(25(21)30-14-29-23)13-17-11-15-3-1-2-4-18(15)31-24(17)34-7-9-36-10-8-34/h1-8,13-14,16H,9-12,15H2,(H2,29,33)(H2,30,31,32);1-6,11-12,14-15H,7-10,13H2,(H2,28,30,31)(H2,29,32,33);1-2,5-10,13-14,16,29H,3-4,11-12,15H2,(H2,28,30,31);1-6,11-12,14H,7-10,13H2,(H2,28,32)(H2,27,29,30). The number of oxazole rings is 1. The van der Waals surface area contributed by atoms with Crippen LogP contribution >= 0.6 is 0 Å². The lowest BCUT2D eigenvalue weighted by atomic mass is 10.1. The van der Waals surface area contributed by atoms with Gasteiger partial charge in [0, 0.05) is 141 Å². The molecule has 8 aromatic carbocycles. The minimum absolute atomic E-state index is 0.116. The van der Waals surface area contributed by atoms with Gasteiger partial charge >= 0.3 is 0 Å². The average molecular weight is 1960 g/mol. The molecular formula is C108H96N36O4. The van der Waals surface area contributed by atoms with Crippen LogP contribution in [0.15, 0.2) is 255 Å². The third-order valence-electron chi connectivity index (χ3n) is 27.4. The summed E-state index contributed by atoms with van der Waals surface area (Å²) >= 11 is 0. The molecular weight excluding hydrogens is 1870 g/mol. The fraction of sp³-hybridized carbons (Fsp3) is 0.185. The zero-order chi connectivity index (χ0) is 99.6. The maximum absolute atomic E-state index is 6.39. The zero-order valence-corrected chi connectivity index (χ0v) is 80.0.